The Hall–Kier alpha value is -3.19. The summed E-state index contributed by atoms with van der Waals surface area (Å²) in [5.74, 6) is 1.02. The first-order valence-electron chi connectivity index (χ1n) is 8.15. The normalized spacial score (nSPS) is 11.8. The average Bonchev–Trinajstić information content (AvgIpc) is 3.06. The second-order valence-corrected chi connectivity index (χ2v) is 6.44. The van der Waals surface area contributed by atoms with Gasteiger partial charge in [0.2, 0.25) is 0 Å². The Bertz CT molecular complexity index is 952. The molecule has 1 atom stereocenters. The van der Waals surface area contributed by atoms with Gasteiger partial charge in [0.25, 0.3) is 5.69 Å². The maximum absolute atomic E-state index is 12.7. The van der Waals surface area contributed by atoms with Crippen molar-refractivity contribution < 1.29 is 14.2 Å². The topological polar surface area (TPSA) is 98.3 Å². The van der Waals surface area contributed by atoms with Crippen LogP contribution in [-0.2, 0) is 0 Å². The van der Waals surface area contributed by atoms with E-state index in [1.807, 2.05) is 0 Å². The number of hydrogen-bond donors (Lipinski definition) is 1. The summed E-state index contributed by atoms with van der Waals surface area (Å²) in [6.45, 7) is 1.76. The largest absolute Gasteiger partial charge is 0.360 e. The van der Waals surface area contributed by atoms with Gasteiger partial charge in [0.15, 0.2) is 11.6 Å². The second kappa shape index (κ2) is 8.01. The Balaban J connectivity index is 1.85. The average molecular weight is 386 g/mol. The number of rotatable bonds is 7. The van der Waals surface area contributed by atoms with Crippen LogP contribution in [0.5, 0.6) is 0 Å². The van der Waals surface area contributed by atoms with Gasteiger partial charge in [-0.05, 0) is 36.8 Å². The Kier molecular flexibility index (Phi) is 5.52. The molecule has 138 valence electrons. The van der Waals surface area contributed by atoms with E-state index >= 15 is 0 Å². The molecule has 3 aromatic rings. The Labute approximate surface area is 160 Å². The minimum absolute atomic E-state index is 0.0150. The van der Waals surface area contributed by atoms with Crippen molar-refractivity contribution in [3.63, 3.8) is 0 Å². The number of aryl methyl sites for hydroxylation is 1. The first kappa shape index (κ1) is 18.6. The number of nitrogens with one attached hydrogen (secondary N) is 1. The van der Waals surface area contributed by atoms with Gasteiger partial charge in [-0.15, -0.1) is 0 Å². The quantitative estimate of drug-likeness (QED) is 0.350. The van der Waals surface area contributed by atoms with E-state index in [0.717, 1.165) is 5.56 Å². The molecule has 0 aliphatic rings. The van der Waals surface area contributed by atoms with E-state index in [1.165, 1.54) is 12.1 Å². The lowest BCUT2D eigenvalue weighted by atomic mass is 9.97. The van der Waals surface area contributed by atoms with Crippen LogP contribution in [0.1, 0.15) is 34.1 Å². The van der Waals surface area contributed by atoms with Gasteiger partial charge in [-0.3, -0.25) is 14.9 Å². The number of halogens is 1. The van der Waals surface area contributed by atoms with Gasteiger partial charge in [-0.1, -0.05) is 28.9 Å². The van der Waals surface area contributed by atoms with Crippen LogP contribution in [0, 0.1) is 17.0 Å². The van der Waals surface area contributed by atoms with Crippen molar-refractivity contribution in [2.45, 2.75) is 19.4 Å². The smallest absolute Gasteiger partial charge is 0.269 e. The van der Waals surface area contributed by atoms with Crippen molar-refractivity contribution in [3.8, 4) is 0 Å². The zero-order valence-electron chi connectivity index (χ0n) is 14.4. The zero-order chi connectivity index (χ0) is 19.4. The van der Waals surface area contributed by atoms with Crippen LogP contribution in [0.25, 0.3) is 0 Å². The van der Waals surface area contributed by atoms with Crippen LogP contribution in [0.15, 0.2) is 59.1 Å². The van der Waals surface area contributed by atoms with E-state index in [9.17, 15) is 14.9 Å². The molecule has 3 rings (SSSR count). The molecule has 1 unspecified atom stereocenters. The highest BCUT2D eigenvalue weighted by atomic mass is 35.5. The van der Waals surface area contributed by atoms with E-state index in [2.05, 4.69) is 10.5 Å². The molecular weight excluding hydrogens is 370 g/mol. The number of carbonyl (C=O) groups excluding carboxylic acids is 1. The number of ketones is 1. The fourth-order valence-corrected chi connectivity index (χ4v) is 2.76. The standard InChI is InChI=1S/C19H16ClN3O4/c1-12-10-19(22-27-12)21-17(13-4-8-16(9-5-13)23(25)26)11-18(24)14-2-6-15(20)7-3-14/h2-10,17H,11H2,1H3,(H,21,22). The molecule has 0 aliphatic heterocycles. The molecule has 1 heterocycles. The highest BCUT2D eigenvalue weighted by Crippen LogP contribution is 2.26. The highest BCUT2D eigenvalue weighted by molar-refractivity contribution is 6.30. The highest BCUT2D eigenvalue weighted by Gasteiger charge is 2.19. The summed E-state index contributed by atoms with van der Waals surface area (Å²) in [6, 6.07) is 14.0. The summed E-state index contributed by atoms with van der Waals surface area (Å²) in [6.07, 6.45) is 0.130. The lowest BCUT2D eigenvalue weighted by molar-refractivity contribution is -0.384. The molecule has 0 aliphatic carbocycles. The fourth-order valence-electron chi connectivity index (χ4n) is 2.63. The van der Waals surface area contributed by atoms with Crippen LogP contribution < -0.4 is 5.32 Å². The van der Waals surface area contributed by atoms with E-state index in [4.69, 9.17) is 16.1 Å². The van der Waals surface area contributed by atoms with Gasteiger partial charge in [-0.2, -0.15) is 0 Å². The van der Waals surface area contributed by atoms with Gasteiger partial charge < -0.3 is 9.84 Å². The lowest BCUT2D eigenvalue weighted by Gasteiger charge is -2.18. The van der Waals surface area contributed by atoms with Crippen LogP contribution in [0.4, 0.5) is 11.5 Å². The Morgan fingerprint density at radius 3 is 2.44 bits per heavy atom. The first-order chi connectivity index (χ1) is 12.9. The van der Waals surface area contributed by atoms with Crippen LogP contribution >= 0.6 is 11.6 Å². The molecule has 8 heteroatoms. The number of anilines is 1. The monoisotopic (exact) mass is 385 g/mol. The second-order valence-electron chi connectivity index (χ2n) is 6.00. The van der Waals surface area contributed by atoms with Gasteiger partial charge in [0.05, 0.1) is 11.0 Å². The van der Waals surface area contributed by atoms with Crippen molar-refractivity contribution in [3.05, 3.63) is 86.6 Å². The predicted octanol–water partition coefficient (Wildman–Crippen LogP) is 4.97. The molecule has 1 aromatic heterocycles. The summed E-state index contributed by atoms with van der Waals surface area (Å²) < 4.78 is 5.05. The van der Waals surface area contributed by atoms with E-state index in [1.54, 1.807) is 49.4 Å². The molecule has 0 spiro atoms. The predicted molar refractivity (Wildman–Crippen MR) is 101 cm³/mol. The number of benzene rings is 2. The summed E-state index contributed by atoms with van der Waals surface area (Å²) >= 11 is 5.87. The van der Waals surface area contributed by atoms with Crippen molar-refractivity contribution in [2.75, 3.05) is 5.32 Å². The summed E-state index contributed by atoms with van der Waals surface area (Å²) in [5, 5.41) is 18.5. The van der Waals surface area contributed by atoms with Crippen LogP contribution in [-0.4, -0.2) is 15.9 Å². The molecule has 0 fully saturated rings. The molecule has 2 aromatic carbocycles. The van der Waals surface area contributed by atoms with Gasteiger partial charge in [0, 0.05) is 35.2 Å². The summed E-state index contributed by atoms with van der Waals surface area (Å²) in [5.41, 5.74) is 1.24. The molecule has 0 amide bonds. The molecule has 7 nitrogen and oxygen atoms in total. The number of carbonyl (C=O) groups is 1. The molecule has 0 bridgehead atoms. The molecule has 27 heavy (non-hydrogen) atoms. The molecule has 0 radical (unpaired) electrons. The third kappa shape index (κ3) is 4.71. The zero-order valence-corrected chi connectivity index (χ0v) is 15.1. The van der Waals surface area contributed by atoms with E-state index < -0.39 is 11.0 Å². The molecule has 1 N–H and O–H groups in total. The van der Waals surface area contributed by atoms with Crippen LogP contribution in [0.2, 0.25) is 5.02 Å². The number of nitro groups is 1. The maximum atomic E-state index is 12.7. The molecular formula is C19H16ClN3O4. The van der Waals surface area contributed by atoms with E-state index in [0.29, 0.717) is 22.2 Å². The minimum atomic E-state index is -0.466. The number of aromatic nitrogens is 1. The maximum Gasteiger partial charge on any atom is 0.269 e. The van der Waals surface area contributed by atoms with Crippen LogP contribution in [0.3, 0.4) is 0 Å². The summed E-state index contributed by atoms with van der Waals surface area (Å²) in [7, 11) is 0. The Morgan fingerprint density at radius 2 is 1.89 bits per heavy atom. The van der Waals surface area contributed by atoms with Gasteiger partial charge in [-0.25, -0.2) is 0 Å². The number of nitrogens with zero attached hydrogens (tertiary/aromatic N) is 2. The number of nitro benzene ring substituents is 1. The first-order valence-corrected chi connectivity index (χ1v) is 8.53. The lowest BCUT2D eigenvalue weighted by Crippen LogP contribution is -2.16. The van der Waals surface area contributed by atoms with Crippen molar-refractivity contribution >= 4 is 28.9 Å². The van der Waals surface area contributed by atoms with Crippen molar-refractivity contribution in [2.24, 2.45) is 0 Å². The summed E-state index contributed by atoms with van der Waals surface area (Å²) in [4.78, 5) is 23.1. The van der Waals surface area contributed by atoms with Crippen molar-refractivity contribution in [1.29, 1.82) is 0 Å². The van der Waals surface area contributed by atoms with Gasteiger partial charge in [0.1, 0.15) is 5.76 Å². The van der Waals surface area contributed by atoms with Gasteiger partial charge >= 0.3 is 0 Å². The number of hydrogen-bond acceptors (Lipinski definition) is 6. The number of non-ortho nitro benzene ring substituents is 1. The minimum Gasteiger partial charge on any atom is -0.360 e. The molecule has 0 saturated heterocycles. The Morgan fingerprint density at radius 1 is 1.22 bits per heavy atom. The third-order valence-electron chi connectivity index (χ3n) is 4.01. The number of Topliss-reactive ketones (excluding diaryl/α,β-unsaturated/α-hetero) is 1. The fraction of sp³-hybridized carbons (Fsp3) is 0.158. The molecule has 0 saturated carbocycles. The van der Waals surface area contributed by atoms with E-state index in [-0.39, 0.29) is 17.9 Å². The van der Waals surface area contributed by atoms with Crippen molar-refractivity contribution in [1.82, 2.24) is 5.16 Å². The third-order valence-corrected chi connectivity index (χ3v) is 4.26. The SMILES string of the molecule is Cc1cc(NC(CC(=O)c2ccc(Cl)cc2)c2ccc([N+](=O)[O-])cc2)no1.